The number of nitrogens with one attached hydrogen (secondary N) is 2. The zero-order valence-electron chi connectivity index (χ0n) is 23.6. The maximum atomic E-state index is 13.1. The molecule has 1 unspecified atom stereocenters. The molecule has 1 amide bonds. The largest absolute Gasteiger partial charge is 0.497 e. The van der Waals surface area contributed by atoms with Crippen LogP contribution in [0.2, 0.25) is 0 Å². The Kier molecular flexibility index (Phi) is 11.3. The summed E-state index contributed by atoms with van der Waals surface area (Å²) in [5.74, 6) is 0.693. The first kappa shape index (κ1) is 29.5. The number of ether oxygens (including phenoxy) is 2. The van der Waals surface area contributed by atoms with Crippen LogP contribution in [-0.4, -0.2) is 60.2 Å². The lowest BCUT2D eigenvalue weighted by molar-refractivity contribution is -0.118. The second-order valence-corrected chi connectivity index (χ2v) is 10.2. The van der Waals surface area contributed by atoms with Gasteiger partial charge < -0.3 is 20.1 Å². The van der Waals surface area contributed by atoms with Crippen molar-refractivity contribution in [1.82, 2.24) is 14.9 Å². The van der Waals surface area contributed by atoms with Crippen LogP contribution in [0.25, 0.3) is 11.3 Å². The molecule has 3 heterocycles. The van der Waals surface area contributed by atoms with E-state index in [2.05, 4.69) is 20.5 Å². The fourth-order valence-corrected chi connectivity index (χ4v) is 5.14. The molecule has 40 heavy (non-hydrogen) atoms. The highest BCUT2D eigenvalue weighted by Crippen LogP contribution is 2.30. The van der Waals surface area contributed by atoms with Crippen LogP contribution in [0.1, 0.15) is 32.3 Å². The van der Waals surface area contributed by atoms with Gasteiger partial charge in [-0.05, 0) is 49.2 Å². The Morgan fingerprint density at radius 2 is 2.08 bits per heavy atom. The van der Waals surface area contributed by atoms with E-state index in [-0.39, 0.29) is 11.8 Å². The average molecular weight is 562 g/mol. The molecule has 0 bridgehead atoms. The van der Waals surface area contributed by atoms with Gasteiger partial charge in [0.25, 0.3) is 0 Å². The summed E-state index contributed by atoms with van der Waals surface area (Å²) in [6.45, 7) is 11.1. The van der Waals surface area contributed by atoms with Gasteiger partial charge >= 0.3 is 0 Å². The maximum Gasteiger partial charge on any atom is 0.231 e. The topological polar surface area (TPSA) is 88.6 Å². The smallest absolute Gasteiger partial charge is 0.231 e. The number of aromatic nitrogens is 2. The third-order valence-corrected chi connectivity index (χ3v) is 7.43. The number of nitrogens with zero attached hydrogens (tertiary/aromatic N) is 3. The summed E-state index contributed by atoms with van der Waals surface area (Å²) >= 11 is 1.53. The molecular formula is C31H39N5O3S. The van der Waals surface area contributed by atoms with E-state index in [4.69, 9.17) is 14.5 Å². The number of thiazole rings is 1. The Hall–Kier alpha value is -3.53. The lowest BCUT2D eigenvalue weighted by Crippen LogP contribution is -2.38. The van der Waals surface area contributed by atoms with Crippen molar-refractivity contribution in [2.45, 2.75) is 33.6 Å². The van der Waals surface area contributed by atoms with Crippen LogP contribution >= 0.6 is 11.3 Å². The van der Waals surface area contributed by atoms with E-state index in [1.54, 1.807) is 12.4 Å². The SMILES string of the molecule is CC.Cc1ccc(NC(=O)C2C=CC=C(OCCN3CCOCC3)CC2)cc1Nc1nc(-c2cccnc2)cs1. The summed E-state index contributed by atoms with van der Waals surface area (Å²) in [6, 6.07) is 9.78. The number of carbonyl (C=O) groups excluding carboxylic acids is 1. The van der Waals surface area contributed by atoms with E-state index in [1.807, 2.05) is 74.7 Å². The number of aryl methyl sites for hydroxylation is 1. The second kappa shape index (κ2) is 15.3. The molecule has 1 aromatic carbocycles. The number of amides is 1. The van der Waals surface area contributed by atoms with E-state index in [0.717, 1.165) is 78.4 Å². The van der Waals surface area contributed by atoms with Crippen LogP contribution in [0, 0.1) is 12.8 Å². The van der Waals surface area contributed by atoms with Crippen molar-refractivity contribution in [2.75, 3.05) is 50.1 Å². The van der Waals surface area contributed by atoms with Gasteiger partial charge in [0.1, 0.15) is 6.61 Å². The molecule has 1 fully saturated rings. The zero-order valence-corrected chi connectivity index (χ0v) is 24.4. The molecule has 1 atom stereocenters. The van der Waals surface area contributed by atoms with Gasteiger partial charge in [0.05, 0.1) is 30.6 Å². The zero-order chi connectivity index (χ0) is 28.2. The molecule has 1 aliphatic carbocycles. The third kappa shape index (κ3) is 8.48. The first-order chi connectivity index (χ1) is 19.6. The summed E-state index contributed by atoms with van der Waals surface area (Å²) in [4.78, 5) is 24.3. The van der Waals surface area contributed by atoms with Crippen molar-refractivity contribution in [1.29, 1.82) is 0 Å². The molecule has 8 nitrogen and oxygen atoms in total. The minimum absolute atomic E-state index is 0.0212. The Morgan fingerprint density at radius 3 is 2.88 bits per heavy atom. The Balaban J connectivity index is 0.00000181. The minimum Gasteiger partial charge on any atom is -0.497 e. The molecule has 1 saturated heterocycles. The number of hydrogen-bond acceptors (Lipinski definition) is 8. The number of anilines is 3. The molecule has 2 N–H and O–H groups in total. The number of benzene rings is 1. The molecule has 0 radical (unpaired) electrons. The van der Waals surface area contributed by atoms with Crippen LogP contribution in [0.5, 0.6) is 0 Å². The van der Waals surface area contributed by atoms with Gasteiger partial charge in [0, 0.05) is 60.8 Å². The molecule has 1 aliphatic heterocycles. The van der Waals surface area contributed by atoms with Gasteiger partial charge in [-0.15, -0.1) is 11.3 Å². The lowest BCUT2D eigenvalue weighted by Gasteiger charge is -2.26. The first-order valence-corrected chi connectivity index (χ1v) is 14.9. The normalized spacial score (nSPS) is 17.2. The Labute approximate surface area is 241 Å². The quantitative estimate of drug-likeness (QED) is 0.312. The van der Waals surface area contributed by atoms with Crippen LogP contribution in [-0.2, 0) is 14.3 Å². The van der Waals surface area contributed by atoms with Crippen molar-refractivity contribution < 1.29 is 14.3 Å². The van der Waals surface area contributed by atoms with Crippen molar-refractivity contribution in [2.24, 2.45) is 5.92 Å². The lowest BCUT2D eigenvalue weighted by atomic mass is 10.0. The van der Waals surface area contributed by atoms with Crippen LogP contribution in [0.4, 0.5) is 16.5 Å². The van der Waals surface area contributed by atoms with Gasteiger partial charge in [-0.3, -0.25) is 14.7 Å². The first-order valence-electron chi connectivity index (χ1n) is 14.0. The highest BCUT2D eigenvalue weighted by atomic mass is 32.1. The highest BCUT2D eigenvalue weighted by molar-refractivity contribution is 7.14. The van der Waals surface area contributed by atoms with E-state index >= 15 is 0 Å². The Morgan fingerprint density at radius 1 is 1.23 bits per heavy atom. The fourth-order valence-electron chi connectivity index (χ4n) is 4.41. The summed E-state index contributed by atoms with van der Waals surface area (Å²) in [7, 11) is 0. The number of carbonyl (C=O) groups is 1. The van der Waals surface area contributed by atoms with Crippen LogP contribution < -0.4 is 10.6 Å². The van der Waals surface area contributed by atoms with Crippen LogP contribution in [0.3, 0.4) is 0 Å². The van der Waals surface area contributed by atoms with Crippen molar-refractivity contribution in [3.63, 3.8) is 0 Å². The van der Waals surface area contributed by atoms with Crippen molar-refractivity contribution in [3.8, 4) is 11.3 Å². The van der Waals surface area contributed by atoms with E-state index in [0.29, 0.717) is 13.0 Å². The Bertz CT molecular complexity index is 1290. The molecule has 9 heteroatoms. The van der Waals surface area contributed by atoms with Gasteiger partial charge in [-0.2, -0.15) is 0 Å². The molecule has 5 rings (SSSR count). The number of rotatable bonds is 9. The minimum atomic E-state index is -0.217. The number of hydrogen-bond donors (Lipinski definition) is 2. The standard InChI is InChI=1S/C29H33N5O3S.C2H6/c1-21-7-9-24(18-26(21)32-29-33-27(20-38-29)23-5-3-11-30-19-23)31-28(35)22-4-2-6-25(10-8-22)37-17-14-34-12-15-36-16-13-34;1-2/h2-7,9,11,18-20,22H,8,10,12-17H2,1H3,(H,31,35)(H,32,33);1-2H3. The molecular weight excluding hydrogens is 522 g/mol. The summed E-state index contributed by atoms with van der Waals surface area (Å²) in [6.07, 6.45) is 10.9. The van der Waals surface area contributed by atoms with E-state index < -0.39 is 0 Å². The van der Waals surface area contributed by atoms with Crippen LogP contribution in [0.15, 0.2) is 72.1 Å². The van der Waals surface area contributed by atoms with Crippen molar-refractivity contribution in [3.05, 3.63) is 77.7 Å². The monoisotopic (exact) mass is 561 g/mol. The second-order valence-electron chi connectivity index (χ2n) is 9.39. The molecule has 2 aromatic heterocycles. The molecule has 2 aliphatic rings. The maximum absolute atomic E-state index is 13.1. The molecule has 3 aromatic rings. The molecule has 0 spiro atoms. The number of pyridine rings is 1. The number of morpholine rings is 1. The third-order valence-electron chi connectivity index (χ3n) is 6.67. The predicted molar refractivity (Wildman–Crippen MR) is 163 cm³/mol. The highest BCUT2D eigenvalue weighted by Gasteiger charge is 2.19. The van der Waals surface area contributed by atoms with Gasteiger partial charge in [0.15, 0.2) is 5.13 Å². The van der Waals surface area contributed by atoms with E-state index in [1.165, 1.54) is 11.3 Å². The average Bonchev–Trinajstić information content (AvgIpc) is 3.33. The summed E-state index contributed by atoms with van der Waals surface area (Å²) in [5.41, 5.74) is 4.58. The van der Waals surface area contributed by atoms with Gasteiger partial charge in [0.2, 0.25) is 5.91 Å². The fraction of sp³-hybridized carbons (Fsp3) is 0.387. The van der Waals surface area contributed by atoms with Crippen molar-refractivity contribution >= 4 is 33.8 Å². The molecule has 212 valence electrons. The number of allylic oxidation sites excluding steroid dienone is 3. The van der Waals surface area contributed by atoms with Gasteiger partial charge in [-0.25, -0.2) is 4.98 Å². The summed E-state index contributed by atoms with van der Waals surface area (Å²) in [5, 5.41) is 9.28. The van der Waals surface area contributed by atoms with E-state index in [9.17, 15) is 4.79 Å². The molecule has 0 saturated carbocycles. The van der Waals surface area contributed by atoms with Gasteiger partial charge in [-0.1, -0.05) is 32.1 Å². The predicted octanol–water partition coefficient (Wildman–Crippen LogP) is 6.42. The summed E-state index contributed by atoms with van der Waals surface area (Å²) < 4.78 is 11.4.